The van der Waals surface area contributed by atoms with Gasteiger partial charge in [-0.1, -0.05) is 0 Å². The van der Waals surface area contributed by atoms with Gasteiger partial charge in [0.25, 0.3) is 0 Å². The van der Waals surface area contributed by atoms with Gasteiger partial charge in [0.05, 0.1) is 12.5 Å². The van der Waals surface area contributed by atoms with E-state index >= 15 is 0 Å². The number of nitrogens with one attached hydrogen (secondary N) is 1. The molecule has 0 fully saturated rings. The Balaban J connectivity index is 4.23. The minimum atomic E-state index is -0.792. The molecule has 0 aromatic heterocycles. The number of nitrogens with zero attached hydrogens (tertiary/aromatic N) is 1. The van der Waals surface area contributed by atoms with Crippen LogP contribution < -0.4 is 5.32 Å². The predicted molar refractivity (Wildman–Crippen MR) is 57.6 cm³/mol. The molecule has 2 unspecified atom stereocenters. The van der Waals surface area contributed by atoms with E-state index in [1.165, 1.54) is 0 Å². The van der Waals surface area contributed by atoms with Crippen LogP contribution >= 0.6 is 0 Å². The Morgan fingerprint density at radius 1 is 1.24 bits per heavy atom. The minimum Gasteiger partial charge on any atom is -0.355 e. The van der Waals surface area contributed by atoms with E-state index in [2.05, 4.69) is 5.32 Å². The van der Waals surface area contributed by atoms with Crippen LogP contribution in [0.1, 0.15) is 19.3 Å². The van der Waals surface area contributed by atoms with Gasteiger partial charge in [-0.3, -0.25) is 4.79 Å². The highest BCUT2D eigenvalue weighted by Gasteiger charge is 2.22. The van der Waals surface area contributed by atoms with Crippen molar-refractivity contribution in [1.29, 1.82) is 5.26 Å². The van der Waals surface area contributed by atoms with Gasteiger partial charge >= 0.3 is 0 Å². The molecule has 0 saturated heterocycles. The number of aldehydes is 3. The lowest BCUT2D eigenvalue weighted by atomic mass is 9.89. The number of rotatable bonds is 9. The molecule has 1 N–H and O–H groups in total. The van der Waals surface area contributed by atoms with Crippen molar-refractivity contribution >= 4 is 24.8 Å². The molecule has 0 aliphatic heterocycles. The van der Waals surface area contributed by atoms with E-state index < -0.39 is 17.7 Å². The van der Waals surface area contributed by atoms with Crippen LogP contribution in [0.15, 0.2) is 0 Å². The van der Waals surface area contributed by atoms with Gasteiger partial charge in [0.15, 0.2) is 0 Å². The van der Waals surface area contributed by atoms with Crippen molar-refractivity contribution in [3.05, 3.63) is 0 Å². The lowest BCUT2D eigenvalue weighted by Crippen LogP contribution is -2.30. The normalized spacial score (nSPS) is 12.9. The third kappa shape index (κ3) is 6.20. The van der Waals surface area contributed by atoms with Crippen LogP contribution in [0, 0.1) is 23.2 Å². The van der Waals surface area contributed by atoms with Crippen LogP contribution in [0.25, 0.3) is 0 Å². The fourth-order valence-corrected chi connectivity index (χ4v) is 1.29. The van der Waals surface area contributed by atoms with Crippen LogP contribution in [0.3, 0.4) is 0 Å². The molecule has 17 heavy (non-hydrogen) atoms. The Bertz CT molecular complexity index is 322. The third-order valence-corrected chi connectivity index (χ3v) is 2.25. The van der Waals surface area contributed by atoms with Crippen LogP contribution in [-0.4, -0.2) is 31.3 Å². The zero-order chi connectivity index (χ0) is 13.1. The Labute approximate surface area is 99.0 Å². The first kappa shape index (κ1) is 15.0. The maximum Gasteiger partial charge on any atom is 0.220 e. The van der Waals surface area contributed by atoms with Crippen molar-refractivity contribution in [2.75, 3.05) is 6.54 Å². The minimum absolute atomic E-state index is 0.0710. The second kappa shape index (κ2) is 9.21. The molecule has 0 spiro atoms. The molecule has 0 aliphatic carbocycles. The molecule has 0 heterocycles. The largest absolute Gasteiger partial charge is 0.355 e. The van der Waals surface area contributed by atoms with E-state index in [9.17, 15) is 19.2 Å². The van der Waals surface area contributed by atoms with E-state index in [0.717, 1.165) is 0 Å². The third-order valence-electron chi connectivity index (χ3n) is 2.25. The molecule has 0 bridgehead atoms. The van der Waals surface area contributed by atoms with Crippen molar-refractivity contribution in [3.63, 3.8) is 0 Å². The van der Waals surface area contributed by atoms with Crippen LogP contribution in [0.5, 0.6) is 0 Å². The zero-order valence-electron chi connectivity index (χ0n) is 9.30. The fourth-order valence-electron chi connectivity index (χ4n) is 1.29. The molecule has 6 nitrogen and oxygen atoms in total. The van der Waals surface area contributed by atoms with E-state index in [0.29, 0.717) is 18.9 Å². The summed E-state index contributed by atoms with van der Waals surface area (Å²) in [6.07, 6.45) is 1.53. The number of carbonyl (C=O) groups excluding carboxylic acids is 4. The van der Waals surface area contributed by atoms with Crippen LogP contribution in [0.4, 0.5) is 0 Å². The summed E-state index contributed by atoms with van der Waals surface area (Å²) in [6, 6.07) is 1.86. The summed E-state index contributed by atoms with van der Waals surface area (Å²) < 4.78 is 0. The molecule has 92 valence electrons. The van der Waals surface area contributed by atoms with Gasteiger partial charge < -0.3 is 19.7 Å². The van der Waals surface area contributed by atoms with Gasteiger partial charge in [-0.15, -0.1) is 0 Å². The number of hydrogen-bond donors (Lipinski definition) is 1. The topological polar surface area (TPSA) is 104 Å². The summed E-state index contributed by atoms with van der Waals surface area (Å²) in [5, 5.41) is 10.7. The number of amides is 1. The smallest absolute Gasteiger partial charge is 0.220 e. The first-order valence-corrected chi connectivity index (χ1v) is 5.17. The summed E-state index contributed by atoms with van der Waals surface area (Å²) in [5.41, 5.74) is 0. The van der Waals surface area contributed by atoms with Crippen molar-refractivity contribution in [3.8, 4) is 6.07 Å². The second-order valence-electron chi connectivity index (χ2n) is 3.46. The van der Waals surface area contributed by atoms with Gasteiger partial charge in [0, 0.05) is 31.2 Å². The van der Waals surface area contributed by atoms with Crippen LogP contribution in [-0.2, 0) is 19.2 Å². The average Bonchev–Trinajstić information content (AvgIpc) is 2.33. The summed E-state index contributed by atoms with van der Waals surface area (Å²) >= 11 is 0. The van der Waals surface area contributed by atoms with Gasteiger partial charge in [-0.25, -0.2) is 0 Å². The summed E-state index contributed by atoms with van der Waals surface area (Å²) in [7, 11) is 0. The van der Waals surface area contributed by atoms with Crippen molar-refractivity contribution in [2.24, 2.45) is 11.8 Å². The van der Waals surface area contributed by atoms with E-state index in [-0.39, 0.29) is 25.8 Å². The van der Waals surface area contributed by atoms with Gasteiger partial charge in [0.1, 0.15) is 18.9 Å². The quantitative estimate of drug-likeness (QED) is 0.435. The standard InChI is InChI=1S/C11H14N2O4/c12-3-1-4-13-11(17)6-10(8-16)9(7-15)2-5-14/h5,7-10H,1-2,4,6H2,(H,13,17). The van der Waals surface area contributed by atoms with E-state index in [1.807, 2.05) is 6.07 Å². The molecule has 2 atom stereocenters. The monoisotopic (exact) mass is 238 g/mol. The molecular formula is C11H14N2O4. The average molecular weight is 238 g/mol. The Kier molecular flexibility index (Phi) is 8.11. The van der Waals surface area contributed by atoms with Crippen LogP contribution in [0.2, 0.25) is 0 Å². The SMILES string of the molecule is N#CCCNC(=O)CC(C=O)C(C=O)CC=O. The molecule has 1 amide bonds. The Morgan fingerprint density at radius 3 is 2.35 bits per heavy atom. The molecular weight excluding hydrogens is 224 g/mol. The van der Waals surface area contributed by atoms with E-state index in [1.54, 1.807) is 0 Å². The zero-order valence-corrected chi connectivity index (χ0v) is 9.30. The van der Waals surface area contributed by atoms with E-state index in [4.69, 9.17) is 5.26 Å². The summed E-state index contributed by atoms with van der Waals surface area (Å²) in [4.78, 5) is 43.0. The predicted octanol–water partition coefficient (Wildman–Crippen LogP) is -0.374. The van der Waals surface area contributed by atoms with Crippen molar-refractivity contribution in [1.82, 2.24) is 5.32 Å². The van der Waals surface area contributed by atoms with Gasteiger partial charge in [-0.05, 0) is 0 Å². The maximum absolute atomic E-state index is 11.3. The fraction of sp³-hybridized carbons (Fsp3) is 0.545. The molecule has 0 aliphatic rings. The van der Waals surface area contributed by atoms with Crippen molar-refractivity contribution < 1.29 is 19.2 Å². The van der Waals surface area contributed by atoms with Gasteiger partial charge in [-0.2, -0.15) is 5.26 Å². The number of hydrogen-bond acceptors (Lipinski definition) is 5. The highest BCUT2D eigenvalue weighted by atomic mass is 16.2. The maximum atomic E-state index is 11.3. The highest BCUT2D eigenvalue weighted by molar-refractivity contribution is 5.81. The first-order chi connectivity index (χ1) is 8.19. The number of carbonyl (C=O) groups is 4. The lowest BCUT2D eigenvalue weighted by Gasteiger charge is -2.14. The first-order valence-electron chi connectivity index (χ1n) is 5.17. The molecule has 6 heteroatoms. The summed E-state index contributed by atoms with van der Waals surface area (Å²) in [6.45, 7) is 0.209. The van der Waals surface area contributed by atoms with Crippen molar-refractivity contribution in [2.45, 2.75) is 19.3 Å². The molecule has 0 rings (SSSR count). The molecule has 0 radical (unpaired) electrons. The highest BCUT2D eigenvalue weighted by Crippen LogP contribution is 2.14. The molecule has 0 aromatic rings. The summed E-state index contributed by atoms with van der Waals surface area (Å²) in [5.74, 6) is -1.96. The molecule has 0 aromatic carbocycles. The van der Waals surface area contributed by atoms with Gasteiger partial charge in [0.2, 0.25) is 5.91 Å². The number of nitriles is 1. The Morgan fingerprint density at radius 2 is 1.88 bits per heavy atom. The second-order valence-corrected chi connectivity index (χ2v) is 3.46. The molecule has 0 saturated carbocycles. The lowest BCUT2D eigenvalue weighted by molar-refractivity contribution is -0.128. The Hall–Kier alpha value is -2.03.